The lowest BCUT2D eigenvalue weighted by atomic mass is 9.95. The zero-order chi connectivity index (χ0) is 21.9. The van der Waals surface area contributed by atoms with Gasteiger partial charge in [0, 0.05) is 16.1 Å². The fraction of sp³-hybridized carbons (Fsp3) is 0.958. The third-order valence-corrected chi connectivity index (χ3v) is 6.34. The van der Waals surface area contributed by atoms with Gasteiger partial charge in [-0.15, -0.1) is 0 Å². The Labute approximate surface area is 184 Å². The summed E-state index contributed by atoms with van der Waals surface area (Å²) in [5.41, 5.74) is 5.13. The summed E-state index contributed by atoms with van der Waals surface area (Å²) < 4.78 is 6.17. The van der Waals surface area contributed by atoms with Gasteiger partial charge in [0.1, 0.15) is 0 Å². The van der Waals surface area contributed by atoms with Crippen LogP contribution in [0.4, 0.5) is 4.79 Å². The van der Waals surface area contributed by atoms with Crippen molar-refractivity contribution in [2.75, 3.05) is 19.7 Å². The summed E-state index contributed by atoms with van der Waals surface area (Å²) in [7, 11) is 0. The van der Waals surface area contributed by atoms with Crippen molar-refractivity contribution < 1.29 is 14.3 Å². The molecule has 3 N–H and O–H groups in total. The molecule has 0 aromatic heterocycles. The number of hydrogen-bond acceptors (Lipinski definition) is 4. The number of unbranched alkanes of at least 4 members (excludes halogenated alkanes) is 13. The van der Waals surface area contributed by atoms with Crippen LogP contribution in [0.15, 0.2) is 0 Å². The maximum Gasteiger partial charge on any atom is 0.404 e. The number of primary amides is 1. The molecule has 0 saturated carbocycles. The minimum Gasteiger partial charge on any atom is -0.449 e. The number of rotatable bonds is 20. The van der Waals surface area contributed by atoms with E-state index in [0.717, 1.165) is 37.0 Å². The van der Waals surface area contributed by atoms with Gasteiger partial charge in [-0.25, -0.2) is 10.1 Å². The van der Waals surface area contributed by atoms with E-state index in [1.54, 1.807) is 0 Å². The van der Waals surface area contributed by atoms with Gasteiger partial charge in [-0.3, -0.25) is 0 Å². The molecule has 0 aromatic carbocycles. The van der Waals surface area contributed by atoms with E-state index in [9.17, 15) is 9.70 Å². The van der Waals surface area contributed by atoms with Crippen LogP contribution in [0, 0.1) is 10.8 Å². The third-order valence-electron chi connectivity index (χ3n) is 6.34. The van der Waals surface area contributed by atoms with Crippen molar-refractivity contribution >= 4 is 6.09 Å². The van der Waals surface area contributed by atoms with E-state index in [4.69, 9.17) is 10.5 Å². The lowest BCUT2D eigenvalue weighted by Gasteiger charge is -2.16. The molecule has 1 amide bonds. The second-order valence-corrected chi connectivity index (χ2v) is 9.07. The standard InChI is InChI=1S/C24H47N3O3/c1-2-3-4-5-6-7-8-9-10-11-12-13-14-15-16-22(21-30-24(25)28)17-18-23-26-19-20-27(23)29/h22-23,26H,2-21H2,1H3,(H-,25,28)/p+1. The molecule has 30 heavy (non-hydrogen) atoms. The summed E-state index contributed by atoms with van der Waals surface area (Å²) in [6.45, 7) is 3.97. The lowest BCUT2D eigenvalue weighted by Crippen LogP contribution is -2.29. The van der Waals surface area contributed by atoms with Crippen molar-refractivity contribution in [2.45, 2.75) is 122 Å². The van der Waals surface area contributed by atoms with Crippen molar-refractivity contribution in [1.29, 1.82) is 0 Å². The second-order valence-electron chi connectivity index (χ2n) is 9.07. The van der Waals surface area contributed by atoms with Gasteiger partial charge in [0.2, 0.25) is 6.54 Å². The van der Waals surface area contributed by atoms with Crippen LogP contribution in [0.3, 0.4) is 0 Å². The minimum absolute atomic E-state index is 0.0857. The molecule has 1 heterocycles. The highest BCUT2D eigenvalue weighted by Gasteiger charge is 2.31. The van der Waals surface area contributed by atoms with Crippen LogP contribution in [0.25, 0.3) is 0 Å². The van der Waals surface area contributed by atoms with E-state index in [1.807, 2.05) is 0 Å². The Morgan fingerprint density at radius 2 is 1.47 bits per heavy atom. The van der Waals surface area contributed by atoms with E-state index in [-0.39, 0.29) is 6.17 Å². The van der Waals surface area contributed by atoms with Crippen LogP contribution in [0.1, 0.15) is 116 Å². The van der Waals surface area contributed by atoms with Gasteiger partial charge in [-0.2, -0.15) is 0 Å². The quantitative estimate of drug-likeness (QED) is 0.183. The maximum atomic E-state index is 11.7. The highest BCUT2D eigenvalue weighted by Crippen LogP contribution is 2.20. The van der Waals surface area contributed by atoms with Crippen LogP contribution in [-0.2, 0) is 4.74 Å². The van der Waals surface area contributed by atoms with Crippen molar-refractivity contribution in [1.82, 2.24) is 5.32 Å². The fourth-order valence-electron chi connectivity index (χ4n) is 4.38. The molecule has 0 aromatic rings. The van der Waals surface area contributed by atoms with Crippen LogP contribution < -0.4 is 11.1 Å². The van der Waals surface area contributed by atoms with Crippen molar-refractivity contribution in [3.8, 4) is 0 Å². The SMILES string of the molecule is CCCCCCCCCCCCCCCCC(CCC1NCC[N+]1=O)COC(N)=O. The Hall–Kier alpha value is -1.17. The Balaban J connectivity index is 1.98. The minimum atomic E-state index is -0.703. The Kier molecular flexibility index (Phi) is 16.6. The number of carbonyl (C=O) groups excluding carboxylic acids is 1. The van der Waals surface area contributed by atoms with Crippen molar-refractivity contribution in [2.24, 2.45) is 11.7 Å². The highest BCUT2D eigenvalue weighted by atomic mass is 16.5. The molecule has 0 spiro atoms. The second kappa shape index (κ2) is 18.6. The number of nitrogens with one attached hydrogen (secondary N) is 1. The van der Waals surface area contributed by atoms with Gasteiger partial charge >= 0.3 is 6.09 Å². The maximum absolute atomic E-state index is 11.7. The summed E-state index contributed by atoms with van der Waals surface area (Å²) in [4.78, 5) is 22.6. The summed E-state index contributed by atoms with van der Waals surface area (Å²) in [6.07, 6.45) is 20.9. The summed E-state index contributed by atoms with van der Waals surface area (Å²) >= 11 is 0. The molecule has 0 aliphatic carbocycles. The molecule has 0 radical (unpaired) electrons. The summed E-state index contributed by atoms with van der Waals surface area (Å²) in [5.74, 6) is 0.297. The molecule has 1 aliphatic heterocycles. The van der Waals surface area contributed by atoms with Gasteiger partial charge in [-0.1, -0.05) is 96.8 Å². The largest absolute Gasteiger partial charge is 0.449 e. The average molecular weight is 427 g/mol. The predicted octanol–water partition coefficient (Wildman–Crippen LogP) is 6.06. The smallest absolute Gasteiger partial charge is 0.404 e. The molecule has 1 rings (SSSR count). The van der Waals surface area contributed by atoms with Crippen LogP contribution in [0.2, 0.25) is 0 Å². The van der Waals surface area contributed by atoms with E-state index in [1.165, 1.54) is 83.5 Å². The predicted molar refractivity (Wildman–Crippen MR) is 123 cm³/mol. The monoisotopic (exact) mass is 426 g/mol. The molecular weight excluding hydrogens is 378 g/mol. The first kappa shape index (κ1) is 26.9. The van der Waals surface area contributed by atoms with Crippen LogP contribution in [-0.4, -0.2) is 36.7 Å². The molecule has 0 bridgehead atoms. The molecule has 6 heteroatoms. The zero-order valence-corrected chi connectivity index (χ0v) is 19.5. The highest BCUT2D eigenvalue weighted by molar-refractivity contribution is 5.64. The van der Waals surface area contributed by atoms with E-state index >= 15 is 0 Å². The lowest BCUT2D eigenvalue weighted by molar-refractivity contribution is -0.567. The number of hydrogen-bond donors (Lipinski definition) is 2. The van der Waals surface area contributed by atoms with Gasteiger partial charge in [0.05, 0.1) is 13.2 Å². The Morgan fingerprint density at radius 1 is 0.933 bits per heavy atom. The third kappa shape index (κ3) is 14.8. The van der Waals surface area contributed by atoms with E-state index in [0.29, 0.717) is 19.1 Å². The Morgan fingerprint density at radius 3 is 1.93 bits per heavy atom. The molecule has 176 valence electrons. The number of nitroso groups, excluding NO2 is 1. The zero-order valence-electron chi connectivity index (χ0n) is 19.5. The van der Waals surface area contributed by atoms with Gasteiger partial charge < -0.3 is 10.5 Å². The van der Waals surface area contributed by atoms with E-state index in [2.05, 4.69) is 12.2 Å². The molecule has 1 aliphatic rings. The van der Waals surface area contributed by atoms with Crippen LogP contribution >= 0.6 is 0 Å². The van der Waals surface area contributed by atoms with E-state index < -0.39 is 6.09 Å². The molecule has 1 saturated heterocycles. The van der Waals surface area contributed by atoms with Crippen molar-refractivity contribution in [3.63, 3.8) is 0 Å². The molecule has 2 atom stereocenters. The molecule has 2 unspecified atom stereocenters. The molecule has 1 fully saturated rings. The number of nitrogens with two attached hydrogens (primary N) is 1. The van der Waals surface area contributed by atoms with Crippen LogP contribution in [0.5, 0.6) is 0 Å². The summed E-state index contributed by atoms with van der Waals surface area (Å²) in [6, 6.07) is 0. The molecule has 6 nitrogen and oxygen atoms in total. The normalized spacial score (nSPS) is 17.4. The van der Waals surface area contributed by atoms with Gasteiger partial charge in [0.25, 0.3) is 6.17 Å². The first-order chi connectivity index (χ1) is 14.6. The first-order valence-corrected chi connectivity index (χ1v) is 12.7. The molecular formula is C24H48N3O3+. The van der Waals surface area contributed by atoms with Gasteiger partial charge in [0.15, 0.2) is 0 Å². The number of nitrogens with zero attached hydrogens (tertiary/aromatic N) is 1. The van der Waals surface area contributed by atoms with Crippen molar-refractivity contribution in [3.05, 3.63) is 4.91 Å². The fourth-order valence-corrected chi connectivity index (χ4v) is 4.38. The summed E-state index contributed by atoms with van der Waals surface area (Å²) in [5, 5.41) is 3.23. The number of carbonyl (C=O) groups is 1. The number of ether oxygens (including phenoxy) is 1. The van der Waals surface area contributed by atoms with Gasteiger partial charge in [-0.05, 0) is 18.8 Å². The Bertz CT molecular complexity index is 445. The average Bonchev–Trinajstić information content (AvgIpc) is 3.14. The first-order valence-electron chi connectivity index (χ1n) is 12.7. The number of amides is 1. The topological polar surface area (TPSA) is 84.4 Å².